The average molecular weight is 253 g/mol. The van der Waals surface area contributed by atoms with Crippen molar-refractivity contribution in [1.29, 1.82) is 0 Å². The van der Waals surface area contributed by atoms with Crippen molar-refractivity contribution in [2.75, 3.05) is 13.1 Å². The lowest BCUT2D eigenvalue weighted by Crippen LogP contribution is -2.59. The van der Waals surface area contributed by atoms with Crippen LogP contribution in [0.3, 0.4) is 0 Å². The Morgan fingerprint density at radius 1 is 1.44 bits per heavy atom. The maximum absolute atomic E-state index is 12.4. The van der Waals surface area contributed by atoms with Crippen LogP contribution in [0, 0.1) is 0 Å². The minimum absolute atomic E-state index is 0.00361. The van der Waals surface area contributed by atoms with Gasteiger partial charge >= 0.3 is 0 Å². The van der Waals surface area contributed by atoms with E-state index >= 15 is 0 Å². The highest BCUT2D eigenvalue weighted by Gasteiger charge is 2.41. The zero-order valence-corrected chi connectivity index (χ0v) is 11.1. The van der Waals surface area contributed by atoms with Crippen LogP contribution in [0.5, 0.6) is 0 Å². The summed E-state index contributed by atoms with van der Waals surface area (Å²) in [6.45, 7) is 3.70. The lowest BCUT2D eigenvalue weighted by atomic mass is 9.90. The van der Waals surface area contributed by atoms with Crippen LogP contribution in [-0.4, -0.2) is 36.5 Å². The molecule has 0 spiro atoms. The Labute approximate surface area is 108 Å². The SMILES string of the molecule is CCCC1(C(=O)NC2CCCNC2=O)CCCN1. The van der Waals surface area contributed by atoms with Gasteiger partial charge in [0.25, 0.3) is 0 Å². The molecule has 0 aliphatic carbocycles. The van der Waals surface area contributed by atoms with Crippen LogP contribution in [0.2, 0.25) is 0 Å². The van der Waals surface area contributed by atoms with Gasteiger partial charge < -0.3 is 16.0 Å². The van der Waals surface area contributed by atoms with Gasteiger partial charge in [-0.1, -0.05) is 13.3 Å². The first-order chi connectivity index (χ1) is 8.68. The smallest absolute Gasteiger partial charge is 0.242 e. The lowest BCUT2D eigenvalue weighted by Gasteiger charge is -2.31. The topological polar surface area (TPSA) is 70.2 Å². The zero-order valence-electron chi connectivity index (χ0n) is 11.1. The van der Waals surface area contributed by atoms with Crippen molar-refractivity contribution in [2.45, 2.75) is 57.0 Å². The fourth-order valence-corrected chi connectivity index (χ4v) is 2.96. The van der Waals surface area contributed by atoms with Crippen LogP contribution < -0.4 is 16.0 Å². The second-order valence-corrected chi connectivity index (χ2v) is 5.32. The van der Waals surface area contributed by atoms with Gasteiger partial charge in [-0.05, 0) is 38.6 Å². The van der Waals surface area contributed by atoms with Crippen LogP contribution in [0.15, 0.2) is 0 Å². The summed E-state index contributed by atoms with van der Waals surface area (Å²) in [5, 5.41) is 9.05. The van der Waals surface area contributed by atoms with Crippen molar-refractivity contribution in [3.05, 3.63) is 0 Å². The second-order valence-electron chi connectivity index (χ2n) is 5.32. The Morgan fingerprint density at radius 3 is 2.89 bits per heavy atom. The molecule has 2 rings (SSSR count). The molecule has 2 heterocycles. The van der Waals surface area contributed by atoms with E-state index in [-0.39, 0.29) is 17.9 Å². The molecule has 0 aromatic heterocycles. The molecule has 2 aliphatic heterocycles. The summed E-state index contributed by atoms with van der Waals surface area (Å²) in [5.41, 5.74) is -0.438. The minimum atomic E-state index is -0.438. The highest BCUT2D eigenvalue weighted by atomic mass is 16.2. The normalized spacial score (nSPS) is 32.1. The minimum Gasteiger partial charge on any atom is -0.354 e. The third-order valence-corrected chi connectivity index (χ3v) is 3.95. The summed E-state index contributed by atoms with van der Waals surface area (Å²) >= 11 is 0. The van der Waals surface area contributed by atoms with Crippen LogP contribution in [0.1, 0.15) is 45.4 Å². The molecule has 0 saturated carbocycles. The van der Waals surface area contributed by atoms with Gasteiger partial charge in [-0.15, -0.1) is 0 Å². The molecule has 0 aromatic carbocycles. The predicted octanol–water partition coefficient (Wildman–Crippen LogP) is 0.304. The van der Waals surface area contributed by atoms with Crippen LogP contribution >= 0.6 is 0 Å². The molecule has 0 radical (unpaired) electrons. The largest absolute Gasteiger partial charge is 0.354 e. The van der Waals surface area contributed by atoms with E-state index in [9.17, 15) is 9.59 Å². The third-order valence-electron chi connectivity index (χ3n) is 3.95. The molecule has 3 N–H and O–H groups in total. The molecule has 0 aromatic rings. The Morgan fingerprint density at radius 2 is 2.28 bits per heavy atom. The second kappa shape index (κ2) is 5.69. The maximum Gasteiger partial charge on any atom is 0.242 e. The molecule has 2 unspecified atom stereocenters. The van der Waals surface area contributed by atoms with Crippen LogP contribution in [-0.2, 0) is 9.59 Å². The van der Waals surface area contributed by atoms with E-state index in [0.29, 0.717) is 0 Å². The molecule has 2 aliphatic rings. The highest BCUT2D eigenvalue weighted by Crippen LogP contribution is 2.25. The number of rotatable bonds is 4. The molecule has 2 fully saturated rings. The summed E-state index contributed by atoms with van der Waals surface area (Å²) in [6, 6.07) is -0.345. The van der Waals surface area contributed by atoms with E-state index in [2.05, 4.69) is 22.9 Å². The molecule has 5 nitrogen and oxygen atoms in total. The number of carbonyl (C=O) groups excluding carboxylic acids is 2. The number of hydrogen-bond donors (Lipinski definition) is 3. The fourth-order valence-electron chi connectivity index (χ4n) is 2.96. The number of nitrogens with one attached hydrogen (secondary N) is 3. The molecule has 2 atom stereocenters. The maximum atomic E-state index is 12.4. The Bertz CT molecular complexity index is 324. The van der Waals surface area contributed by atoms with E-state index in [1.807, 2.05) is 0 Å². The van der Waals surface area contributed by atoms with Crippen molar-refractivity contribution in [1.82, 2.24) is 16.0 Å². The summed E-state index contributed by atoms with van der Waals surface area (Å²) in [4.78, 5) is 24.1. The van der Waals surface area contributed by atoms with Gasteiger partial charge in [-0.3, -0.25) is 9.59 Å². The van der Waals surface area contributed by atoms with Crippen molar-refractivity contribution < 1.29 is 9.59 Å². The molecule has 2 amide bonds. The van der Waals surface area contributed by atoms with Crippen LogP contribution in [0.4, 0.5) is 0 Å². The predicted molar refractivity (Wildman–Crippen MR) is 69.1 cm³/mol. The first kappa shape index (κ1) is 13.3. The fraction of sp³-hybridized carbons (Fsp3) is 0.846. The molecule has 0 bridgehead atoms. The van der Waals surface area contributed by atoms with Crippen molar-refractivity contribution >= 4 is 11.8 Å². The van der Waals surface area contributed by atoms with E-state index in [1.54, 1.807) is 0 Å². The first-order valence-electron chi connectivity index (χ1n) is 7.02. The standard InChI is InChI=1S/C13H23N3O2/c1-2-6-13(7-4-9-15-13)12(18)16-10-5-3-8-14-11(10)17/h10,15H,2-9H2,1H3,(H,14,17)(H,16,18). The van der Waals surface area contributed by atoms with Gasteiger partial charge in [0.2, 0.25) is 11.8 Å². The molecule has 5 heteroatoms. The van der Waals surface area contributed by atoms with Crippen LogP contribution in [0.25, 0.3) is 0 Å². The van der Waals surface area contributed by atoms with Crippen molar-refractivity contribution in [2.24, 2.45) is 0 Å². The molecule has 102 valence electrons. The monoisotopic (exact) mass is 253 g/mol. The number of piperidine rings is 1. The number of carbonyl (C=O) groups is 2. The highest BCUT2D eigenvalue weighted by molar-refractivity contribution is 5.92. The number of amides is 2. The van der Waals surface area contributed by atoms with Gasteiger partial charge in [0.05, 0.1) is 5.54 Å². The molecular formula is C13H23N3O2. The van der Waals surface area contributed by atoms with Gasteiger partial charge in [0.15, 0.2) is 0 Å². The molecule has 2 saturated heterocycles. The van der Waals surface area contributed by atoms with E-state index in [1.165, 1.54) is 0 Å². The summed E-state index contributed by atoms with van der Waals surface area (Å²) in [7, 11) is 0. The summed E-state index contributed by atoms with van der Waals surface area (Å²) < 4.78 is 0. The van der Waals surface area contributed by atoms with Gasteiger partial charge in [0.1, 0.15) is 6.04 Å². The quantitative estimate of drug-likeness (QED) is 0.675. The van der Waals surface area contributed by atoms with E-state index < -0.39 is 5.54 Å². The third kappa shape index (κ3) is 2.66. The van der Waals surface area contributed by atoms with E-state index in [4.69, 9.17) is 0 Å². The zero-order chi connectivity index (χ0) is 13.0. The molecule has 18 heavy (non-hydrogen) atoms. The van der Waals surface area contributed by atoms with Gasteiger partial charge in [0, 0.05) is 6.54 Å². The Balaban J connectivity index is 1.98. The Kier molecular flexibility index (Phi) is 4.22. The lowest BCUT2D eigenvalue weighted by molar-refractivity contribution is -0.133. The number of hydrogen-bond acceptors (Lipinski definition) is 3. The van der Waals surface area contributed by atoms with Crippen molar-refractivity contribution in [3.63, 3.8) is 0 Å². The first-order valence-corrected chi connectivity index (χ1v) is 7.02. The van der Waals surface area contributed by atoms with Gasteiger partial charge in [-0.25, -0.2) is 0 Å². The Hall–Kier alpha value is -1.10. The summed E-state index contributed by atoms with van der Waals surface area (Å²) in [6.07, 6.45) is 5.40. The summed E-state index contributed by atoms with van der Waals surface area (Å²) in [5.74, 6) is -0.0388. The molecular weight excluding hydrogens is 230 g/mol. The van der Waals surface area contributed by atoms with Crippen molar-refractivity contribution in [3.8, 4) is 0 Å². The van der Waals surface area contributed by atoms with Gasteiger partial charge in [-0.2, -0.15) is 0 Å². The average Bonchev–Trinajstić information content (AvgIpc) is 2.82. The van der Waals surface area contributed by atoms with E-state index in [0.717, 1.165) is 51.6 Å².